The molecule has 0 unspecified atom stereocenters. The van der Waals surface area contributed by atoms with Crippen LogP contribution in [0.4, 0.5) is 11.4 Å². The van der Waals surface area contributed by atoms with Gasteiger partial charge in [0.2, 0.25) is 10.0 Å². The molecule has 1 saturated heterocycles. The van der Waals surface area contributed by atoms with Crippen molar-refractivity contribution in [3.63, 3.8) is 0 Å². The Morgan fingerprint density at radius 1 is 1.32 bits per heavy atom. The number of hydrogen-bond acceptors (Lipinski definition) is 8. The van der Waals surface area contributed by atoms with Crippen LogP contribution in [0.15, 0.2) is 52.7 Å². The van der Waals surface area contributed by atoms with Gasteiger partial charge in [-0.05, 0) is 19.1 Å². The fraction of sp³-hybridized carbons (Fsp3) is 0.294. The largest absolute Gasteiger partial charge is 0.379 e. The number of nitrogens with zero attached hydrogens (tertiary/aromatic N) is 4. The van der Waals surface area contributed by atoms with E-state index in [0.717, 1.165) is 11.6 Å². The van der Waals surface area contributed by atoms with E-state index < -0.39 is 14.9 Å². The maximum absolute atomic E-state index is 13.0. The molecule has 28 heavy (non-hydrogen) atoms. The topological polar surface area (TPSA) is 127 Å². The van der Waals surface area contributed by atoms with Crippen LogP contribution in [0.3, 0.4) is 0 Å². The summed E-state index contributed by atoms with van der Waals surface area (Å²) < 4.78 is 32.5. The van der Waals surface area contributed by atoms with Crippen molar-refractivity contribution in [2.24, 2.45) is 5.10 Å². The van der Waals surface area contributed by atoms with Gasteiger partial charge in [-0.25, -0.2) is 8.42 Å². The SMILES string of the molecule is CC(=NNc1ccc([N+](=O)[O-])cc1S(=O)(=O)N1CCOCC1)c1cccnc1. The molecule has 0 atom stereocenters. The molecule has 0 spiro atoms. The summed E-state index contributed by atoms with van der Waals surface area (Å²) in [7, 11) is -3.96. The zero-order valence-electron chi connectivity index (χ0n) is 15.1. The molecular formula is C17H19N5O5S. The number of non-ortho nitro benzene ring substituents is 1. The average Bonchev–Trinajstić information content (AvgIpc) is 2.73. The summed E-state index contributed by atoms with van der Waals surface area (Å²) in [5.41, 5.74) is 3.91. The number of benzene rings is 1. The van der Waals surface area contributed by atoms with E-state index in [0.29, 0.717) is 5.71 Å². The predicted octanol–water partition coefficient (Wildman–Crippen LogP) is 1.85. The van der Waals surface area contributed by atoms with E-state index in [2.05, 4.69) is 15.5 Å². The summed E-state index contributed by atoms with van der Waals surface area (Å²) in [5, 5.41) is 15.3. The van der Waals surface area contributed by atoms with Crippen LogP contribution in [-0.2, 0) is 14.8 Å². The molecule has 148 valence electrons. The Labute approximate surface area is 162 Å². The normalized spacial score (nSPS) is 16.0. The lowest BCUT2D eigenvalue weighted by molar-refractivity contribution is -0.385. The molecule has 2 aromatic rings. The molecule has 0 aliphatic carbocycles. The Morgan fingerprint density at radius 3 is 2.71 bits per heavy atom. The van der Waals surface area contributed by atoms with Gasteiger partial charge < -0.3 is 4.74 Å². The Bertz CT molecular complexity index is 988. The monoisotopic (exact) mass is 405 g/mol. The Morgan fingerprint density at radius 2 is 2.07 bits per heavy atom. The molecule has 0 saturated carbocycles. The third-order valence-corrected chi connectivity index (χ3v) is 6.13. The van der Waals surface area contributed by atoms with Gasteiger partial charge in [0.25, 0.3) is 5.69 Å². The number of ether oxygens (including phenoxy) is 1. The highest BCUT2D eigenvalue weighted by molar-refractivity contribution is 7.89. The number of sulfonamides is 1. The highest BCUT2D eigenvalue weighted by atomic mass is 32.2. The number of hydrogen-bond donors (Lipinski definition) is 1. The van der Waals surface area contributed by atoms with Gasteiger partial charge in [-0.1, -0.05) is 6.07 Å². The highest BCUT2D eigenvalue weighted by Crippen LogP contribution is 2.29. The second-order valence-corrected chi connectivity index (χ2v) is 7.91. The number of pyridine rings is 1. The first-order valence-electron chi connectivity index (χ1n) is 8.46. The van der Waals surface area contributed by atoms with Crippen molar-refractivity contribution >= 4 is 27.1 Å². The standard InChI is InChI=1S/C17H19N5O5S/c1-13(14-3-2-6-18-12-14)19-20-16-5-4-15(22(23)24)11-17(16)28(25,26)21-7-9-27-10-8-21/h2-6,11-12,20H,7-10H2,1H3. The third-order valence-electron chi connectivity index (χ3n) is 4.19. The second kappa shape index (κ2) is 8.42. The van der Waals surface area contributed by atoms with Crippen LogP contribution in [0.5, 0.6) is 0 Å². The van der Waals surface area contributed by atoms with E-state index in [1.807, 2.05) is 6.07 Å². The highest BCUT2D eigenvalue weighted by Gasteiger charge is 2.30. The molecule has 0 amide bonds. The molecule has 0 bridgehead atoms. The molecule has 1 aliphatic rings. The quantitative estimate of drug-likeness (QED) is 0.441. The summed E-state index contributed by atoms with van der Waals surface area (Å²) in [6, 6.07) is 7.19. The zero-order chi connectivity index (χ0) is 20.1. The van der Waals surface area contributed by atoms with E-state index in [1.165, 1.54) is 16.4 Å². The summed E-state index contributed by atoms with van der Waals surface area (Å²) in [5.74, 6) is 0. The minimum atomic E-state index is -3.96. The summed E-state index contributed by atoms with van der Waals surface area (Å²) in [6.07, 6.45) is 3.26. The van der Waals surface area contributed by atoms with Gasteiger partial charge >= 0.3 is 0 Å². The number of anilines is 1. The molecule has 1 aliphatic heterocycles. The molecular weight excluding hydrogens is 386 g/mol. The molecule has 3 rings (SSSR count). The Kier molecular flexibility index (Phi) is 5.97. The van der Waals surface area contributed by atoms with Crippen LogP contribution in [0, 0.1) is 10.1 Å². The second-order valence-electron chi connectivity index (χ2n) is 6.00. The first kappa shape index (κ1) is 19.9. The van der Waals surface area contributed by atoms with Crippen LogP contribution < -0.4 is 5.43 Å². The maximum Gasteiger partial charge on any atom is 0.270 e. The molecule has 2 heterocycles. The summed E-state index contributed by atoms with van der Waals surface area (Å²) in [4.78, 5) is 14.3. The van der Waals surface area contributed by atoms with E-state index in [4.69, 9.17) is 4.74 Å². The Hall–Kier alpha value is -2.89. The number of nitro benzene ring substituents is 1. The van der Waals surface area contributed by atoms with E-state index >= 15 is 0 Å². The summed E-state index contributed by atoms with van der Waals surface area (Å²) in [6.45, 7) is 2.65. The molecule has 11 heteroatoms. The van der Waals surface area contributed by atoms with Crippen molar-refractivity contribution in [3.8, 4) is 0 Å². The van der Waals surface area contributed by atoms with E-state index in [1.54, 1.807) is 25.4 Å². The van der Waals surface area contributed by atoms with E-state index in [-0.39, 0.29) is 42.6 Å². The van der Waals surface area contributed by atoms with Gasteiger partial charge in [-0.3, -0.25) is 20.5 Å². The number of aromatic nitrogens is 1. The lowest BCUT2D eigenvalue weighted by Gasteiger charge is -2.26. The van der Waals surface area contributed by atoms with Crippen LogP contribution in [0.1, 0.15) is 12.5 Å². The third kappa shape index (κ3) is 4.32. The van der Waals surface area contributed by atoms with Crippen LogP contribution in [-0.4, -0.2) is 54.6 Å². The molecule has 0 radical (unpaired) electrons. The van der Waals surface area contributed by atoms with Gasteiger partial charge in [0.15, 0.2) is 0 Å². The first-order chi connectivity index (χ1) is 13.4. The van der Waals surface area contributed by atoms with Crippen LogP contribution >= 0.6 is 0 Å². The fourth-order valence-electron chi connectivity index (χ4n) is 2.64. The van der Waals surface area contributed by atoms with E-state index in [9.17, 15) is 18.5 Å². The van der Waals surface area contributed by atoms with Gasteiger partial charge in [0.1, 0.15) is 4.90 Å². The lowest BCUT2D eigenvalue weighted by Crippen LogP contribution is -2.40. The Balaban J connectivity index is 1.98. The molecule has 1 N–H and O–H groups in total. The number of morpholine rings is 1. The van der Waals surface area contributed by atoms with Gasteiger partial charge in [-0.2, -0.15) is 9.41 Å². The van der Waals surface area contributed by atoms with Gasteiger partial charge in [0.05, 0.1) is 29.5 Å². The van der Waals surface area contributed by atoms with Crippen molar-refractivity contribution in [3.05, 3.63) is 58.4 Å². The minimum Gasteiger partial charge on any atom is -0.379 e. The number of hydrazone groups is 1. The van der Waals surface area contributed by atoms with Crippen LogP contribution in [0.25, 0.3) is 0 Å². The maximum atomic E-state index is 13.0. The van der Waals surface area contributed by atoms with Crippen molar-refractivity contribution in [1.82, 2.24) is 9.29 Å². The van der Waals surface area contributed by atoms with Crippen LogP contribution in [0.2, 0.25) is 0 Å². The molecule has 1 fully saturated rings. The lowest BCUT2D eigenvalue weighted by atomic mass is 10.2. The first-order valence-corrected chi connectivity index (χ1v) is 9.90. The minimum absolute atomic E-state index is 0.153. The molecule has 1 aromatic carbocycles. The smallest absolute Gasteiger partial charge is 0.270 e. The fourth-order valence-corrected chi connectivity index (χ4v) is 4.21. The molecule has 1 aromatic heterocycles. The number of nitro groups is 1. The predicted molar refractivity (Wildman–Crippen MR) is 103 cm³/mol. The van der Waals surface area contributed by atoms with Crippen molar-refractivity contribution in [2.75, 3.05) is 31.7 Å². The molecule has 10 nitrogen and oxygen atoms in total. The zero-order valence-corrected chi connectivity index (χ0v) is 15.9. The average molecular weight is 405 g/mol. The van der Waals surface area contributed by atoms with Crippen molar-refractivity contribution < 1.29 is 18.1 Å². The van der Waals surface area contributed by atoms with Gasteiger partial charge in [-0.15, -0.1) is 0 Å². The number of rotatable bonds is 6. The van der Waals surface area contributed by atoms with Gasteiger partial charge in [0, 0.05) is 43.2 Å². The summed E-state index contributed by atoms with van der Waals surface area (Å²) >= 11 is 0. The number of nitrogens with one attached hydrogen (secondary N) is 1. The van der Waals surface area contributed by atoms with Crippen molar-refractivity contribution in [2.45, 2.75) is 11.8 Å². The van der Waals surface area contributed by atoms with Crippen molar-refractivity contribution in [1.29, 1.82) is 0 Å².